The van der Waals surface area contributed by atoms with Crippen molar-refractivity contribution in [3.05, 3.63) is 35.4 Å². The summed E-state index contributed by atoms with van der Waals surface area (Å²) in [6.07, 6.45) is 0.456. The van der Waals surface area contributed by atoms with Crippen molar-refractivity contribution in [1.82, 2.24) is 9.80 Å². The summed E-state index contributed by atoms with van der Waals surface area (Å²) in [5.41, 5.74) is 2.40. The summed E-state index contributed by atoms with van der Waals surface area (Å²) in [5, 5.41) is -0.410. The lowest BCUT2D eigenvalue weighted by molar-refractivity contribution is -0.141. The number of carbonyl (C=O) groups is 1. The Morgan fingerprint density at radius 1 is 1.15 bits per heavy atom. The molecule has 3 saturated heterocycles. The van der Waals surface area contributed by atoms with Gasteiger partial charge in [-0.25, -0.2) is 8.42 Å². The Labute approximate surface area is 161 Å². The highest BCUT2D eigenvalue weighted by atomic mass is 32.2. The van der Waals surface area contributed by atoms with Crippen molar-refractivity contribution < 1.29 is 17.9 Å². The molecule has 4 rings (SSSR count). The zero-order chi connectivity index (χ0) is 19.0. The van der Waals surface area contributed by atoms with Gasteiger partial charge in [0.25, 0.3) is 0 Å². The van der Waals surface area contributed by atoms with Crippen LogP contribution >= 0.6 is 0 Å². The number of fused-ring (bicyclic) bond motifs is 1. The quantitative estimate of drug-likeness (QED) is 0.770. The van der Waals surface area contributed by atoms with Crippen molar-refractivity contribution in [3.63, 3.8) is 0 Å². The van der Waals surface area contributed by atoms with Gasteiger partial charge in [-0.1, -0.05) is 29.8 Å². The number of nitrogens with zero attached hydrogens (tertiary/aromatic N) is 2. The molecule has 1 amide bonds. The van der Waals surface area contributed by atoms with Crippen LogP contribution in [0.25, 0.3) is 0 Å². The van der Waals surface area contributed by atoms with Gasteiger partial charge in [0.05, 0.1) is 24.2 Å². The zero-order valence-electron chi connectivity index (χ0n) is 15.8. The number of hydrogen-bond acceptors (Lipinski definition) is 5. The fourth-order valence-corrected chi connectivity index (χ4v) is 6.84. The minimum absolute atomic E-state index is 0.0930. The van der Waals surface area contributed by atoms with E-state index in [-0.39, 0.29) is 23.5 Å². The molecule has 3 atom stereocenters. The van der Waals surface area contributed by atoms with Crippen LogP contribution in [-0.4, -0.2) is 74.5 Å². The molecule has 1 aromatic carbocycles. The summed E-state index contributed by atoms with van der Waals surface area (Å²) in [5.74, 6) is -0.0163. The average molecular weight is 393 g/mol. The Bertz CT molecular complexity index is 787. The number of rotatable bonds is 3. The highest BCUT2D eigenvalue weighted by molar-refractivity contribution is 7.92. The molecule has 3 aliphatic rings. The molecule has 148 valence electrons. The van der Waals surface area contributed by atoms with Crippen molar-refractivity contribution in [2.24, 2.45) is 11.8 Å². The van der Waals surface area contributed by atoms with Crippen LogP contribution in [0.2, 0.25) is 0 Å². The van der Waals surface area contributed by atoms with Crippen molar-refractivity contribution in [1.29, 1.82) is 0 Å². The van der Waals surface area contributed by atoms with Crippen LogP contribution in [0, 0.1) is 18.8 Å². The first-order chi connectivity index (χ1) is 12.9. The maximum Gasteiger partial charge on any atom is 0.226 e. The van der Waals surface area contributed by atoms with Crippen molar-refractivity contribution in [3.8, 4) is 0 Å². The predicted octanol–water partition coefficient (Wildman–Crippen LogP) is 1.09. The van der Waals surface area contributed by atoms with E-state index >= 15 is 0 Å². The summed E-state index contributed by atoms with van der Waals surface area (Å²) in [4.78, 5) is 17.1. The first kappa shape index (κ1) is 18.9. The van der Waals surface area contributed by atoms with E-state index in [1.807, 2.05) is 4.90 Å². The van der Waals surface area contributed by atoms with Gasteiger partial charge in [0.2, 0.25) is 5.91 Å². The first-order valence-electron chi connectivity index (χ1n) is 9.80. The molecule has 0 aromatic heterocycles. The molecule has 0 aliphatic carbocycles. The molecule has 0 saturated carbocycles. The largest absolute Gasteiger partial charge is 0.378 e. The second-order valence-electron chi connectivity index (χ2n) is 8.08. The summed E-state index contributed by atoms with van der Waals surface area (Å²) in [7, 11) is -3.13. The molecular weight excluding hydrogens is 364 g/mol. The third kappa shape index (κ3) is 3.91. The van der Waals surface area contributed by atoms with Gasteiger partial charge < -0.3 is 9.64 Å². The van der Waals surface area contributed by atoms with E-state index in [1.54, 1.807) is 0 Å². The summed E-state index contributed by atoms with van der Waals surface area (Å²) in [6, 6.07) is 8.37. The monoisotopic (exact) mass is 392 g/mol. The SMILES string of the molecule is Cc1ccc(CN2C[C@H]3[C@@H](C2)S(=O)(=O)CC[C@H]3C(=O)N2CCOCC2)cc1. The van der Waals surface area contributed by atoms with Crippen LogP contribution in [0.4, 0.5) is 0 Å². The second-order valence-corrected chi connectivity index (χ2v) is 10.4. The smallest absolute Gasteiger partial charge is 0.226 e. The maximum absolute atomic E-state index is 13.1. The van der Waals surface area contributed by atoms with Crippen LogP contribution in [0.3, 0.4) is 0 Å². The Morgan fingerprint density at radius 3 is 2.56 bits per heavy atom. The average Bonchev–Trinajstić information content (AvgIpc) is 3.09. The number of sulfone groups is 1. The third-order valence-corrected chi connectivity index (χ3v) is 8.47. The normalized spacial score (nSPS) is 30.9. The molecule has 7 heteroatoms. The fourth-order valence-electron chi connectivity index (χ4n) is 4.71. The van der Waals surface area contributed by atoms with Crippen LogP contribution in [0.1, 0.15) is 17.5 Å². The van der Waals surface area contributed by atoms with Crippen molar-refractivity contribution >= 4 is 15.7 Å². The molecule has 0 bridgehead atoms. The Kier molecular flexibility index (Phi) is 5.27. The standard InChI is InChI=1S/C20H28N2O4S/c1-15-2-4-16(5-3-15)12-21-13-18-17(6-11-27(24,25)19(18)14-21)20(23)22-7-9-26-10-8-22/h2-5,17-19H,6-14H2,1H3/t17-,18-,19-/m1/s1. The van der Waals surface area contributed by atoms with E-state index in [9.17, 15) is 13.2 Å². The number of amides is 1. The number of likely N-dealkylation sites (tertiary alicyclic amines) is 1. The topological polar surface area (TPSA) is 66.9 Å². The van der Waals surface area contributed by atoms with E-state index in [0.29, 0.717) is 45.8 Å². The zero-order valence-corrected chi connectivity index (χ0v) is 16.7. The predicted molar refractivity (Wildman–Crippen MR) is 103 cm³/mol. The van der Waals surface area contributed by atoms with Crippen molar-refractivity contribution in [2.45, 2.75) is 25.1 Å². The van der Waals surface area contributed by atoms with Gasteiger partial charge >= 0.3 is 0 Å². The molecule has 0 radical (unpaired) electrons. The molecule has 3 aliphatic heterocycles. The molecule has 0 unspecified atom stereocenters. The van der Waals surface area contributed by atoms with E-state index in [1.165, 1.54) is 11.1 Å². The van der Waals surface area contributed by atoms with Gasteiger partial charge in [-0.2, -0.15) is 0 Å². The second kappa shape index (κ2) is 7.53. The number of morpholine rings is 1. The lowest BCUT2D eigenvalue weighted by atomic mass is 9.87. The van der Waals surface area contributed by atoms with Gasteiger partial charge in [0, 0.05) is 44.6 Å². The van der Waals surface area contributed by atoms with Crippen LogP contribution in [0.15, 0.2) is 24.3 Å². The molecular formula is C20H28N2O4S. The number of carbonyl (C=O) groups excluding carboxylic acids is 1. The van der Waals surface area contributed by atoms with Gasteiger partial charge in [-0.3, -0.25) is 9.69 Å². The summed E-state index contributed by atoms with van der Waals surface area (Å²) < 4.78 is 30.7. The van der Waals surface area contributed by atoms with E-state index < -0.39 is 15.1 Å². The molecule has 3 heterocycles. The van der Waals surface area contributed by atoms with Crippen molar-refractivity contribution in [2.75, 3.05) is 45.1 Å². The van der Waals surface area contributed by atoms with Gasteiger partial charge in [-0.05, 0) is 18.9 Å². The van der Waals surface area contributed by atoms with Gasteiger partial charge in [0.1, 0.15) is 0 Å². The number of benzene rings is 1. The van der Waals surface area contributed by atoms with E-state index in [0.717, 1.165) is 6.54 Å². The lowest BCUT2D eigenvalue weighted by Crippen LogP contribution is -2.50. The Morgan fingerprint density at radius 2 is 1.85 bits per heavy atom. The summed E-state index contributed by atoms with van der Waals surface area (Å²) in [6.45, 7) is 6.39. The molecule has 3 fully saturated rings. The molecule has 6 nitrogen and oxygen atoms in total. The number of aryl methyl sites for hydroxylation is 1. The van der Waals surface area contributed by atoms with Crippen LogP contribution in [0.5, 0.6) is 0 Å². The van der Waals surface area contributed by atoms with Crippen LogP contribution in [-0.2, 0) is 25.9 Å². The highest BCUT2D eigenvalue weighted by Gasteiger charge is 2.51. The maximum atomic E-state index is 13.1. The van der Waals surface area contributed by atoms with Gasteiger partial charge in [0.15, 0.2) is 9.84 Å². The molecule has 27 heavy (non-hydrogen) atoms. The van der Waals surface area contributed by atoms with E-state index in [4.69, 9.17) is 4.74 Å². The van der Waals surface area contributed by atoms with Gasteiger partial charge in [-0.15, -0.1) is 0 Å². The third-order valence-electron chi connectivity index (χ3n) is 6.24. The summed E-state index contributed by atoms with van der Waals surface area (Å²) >= 11 is 0. The molecule has 0 spiro atoms. The number of ether oxygens (including phenoxy) is 1. The fraction of sp³-hybridized carbons (Fsp3) is 0.650. The Balaban J connectivity index is 1.50. The lowest BCUT2D eigenvalue weighted by Gasteiger charge is -2.36. The first-order valence-corrected chi connectivity index (χ1v) is 11.5. The Hall–Kier alpha value is -1.44. The number of hydrogen-bond donors (Lipinski definition) is 0. The minimum atomic E-state index is -3.13. The molecule has 0 N–H and O–H groups in total. The van der Waals surface area contributed by atoms with E-state index in [2.05, 4.69) is 36.1 Å². The van der Waals surface area contributed by atoms with Crippen LogP contribution < -0.4 is 0 Å². The highest BCUT2D eigenvalue weighted by Crippen LogP contribution is 2.38. The minimum Gasteiger partial charge on any atom is -0.378 e. The molecule has 1 aromatic rings.